The van der Waals surface area contributed by atoms with Gasteiger partial charge in [-0.1, -0.05) is 5.16 Å². The molecule has 0 aromatic carbocycles. The lowest BCUT2D eigenvalue weighted by Gasteiger charge is -1.84. The molecule has 2 rings (SSSR count). The van der Waals surface area contributed by atoms with Crippen molar-refractivity contribution in [2.75, 3.05) is 0 Å². The molecule has 0 saturated carbocycles. The zero-order valence-corrected chi connectivity index (χ0v) is 7.26. The molecule has 6 nitrogen and oxygen atoms in total. The predicted molar refractivity (Wildman–Crippen MR) is 45.6 cm³/mol. The Bertz CT molecular complexity index is 471. The molecule has 6 heteroatoms. The summed E-state index contributed by atoms with van der Waals surface area (Å²) in [6.45, 7) is 1.73. The van der Waals surface area contributed by atoms with Gasteiger partial charge in [0.1, 0.15) is 16.4 Å². The van der Waals surface area contributed by atoms with Crippen LogP contribution in [0, 0.1) is 17.0 Å². The van der Waals surface area contributed by atoms with Gasteiger partial charge in [0.2, 0.25) is 0 Å². The molecule has 0 amide bonds. The quantitative estimate of drug-likeness (QED) is 0.540. The van der Waals surface area contributed by atoms with E-state index >= 15 is 0 Å². The highest BCUT2D eigenvalue weighted by atomic mass is 16.6. The smallest absolute Gasteiger partial charge is 0.399 e. The lowest BCUT2D eigenvalue weighted by molar-refractivity contribution is -0.401. The van der Waals surface area contributed by atoms with Crippen LogP contribution in [-0.4, -0.2) is 10.1 Å². The highest BCUT2D eigenvalue weighted by Gasteiger charge is 2.15. The lowest BCUT2D eigenvalue weighted by Crippen LogP contribution is -1.82. The van der Waals surface area contributed by atoms with Crippen LogP contribution in [0.15, 0.2) is 27.1 Å². The summed E-state index contributed by atoms with van der Waals surface area (Å²) in [7, 11) is 0. The highest BCUT2D eigenvalue weighted by Crippen LogP contribution is 2.25. The maximum atomic E-state index is 10.3. The molecule has 0 unspecified atom stereocenters. The normalized spacial score (nSPS) is 10.4. The topological polar surface area (TPSA) is 82.3 Å². The van der Waals surface area contributed by atoms with Crippen molar-refractivity contribution in [3.05, 3.63) is 34.1 Å². The third kappa shape index (κ3) is 1.37. The SMILES string of the molecule is Cc1cc(-c2ccc([N+](=O)[O-])o2)no1. The Morgan fingerprint density at radius 2 is 2.29 bits per heavy atom. The van der Waals surface area contributed by atoms with E-state index in [2.05, 4.69) is 5.16 Å². The van der Waals surface area contributed by atoms with Crippen molar-refractivity contribution in [3.63, 3.8) is 0 Å². The van der Waals surface area contributed by atoms with E-state index in [1.54, 1.807) is 13.0 Å². The summed E-state index contributed by atoms with van der Waals surface area (Å²) in [5.74, 6) is 0.647. The van der Waals surface area contributed by atoms with Crippen molar-refractivity contribution in [2.45, 2.75) is 6.92 Å². The Balaban J connectivity index is 2.38. The van der Waals surface area contributed by atoms with E-state index in [-0.39, 0.29) is 5.88 Å². The molecule has 0 aliphatic carbocycles. The van der Waals surface area contributed by atoms with Crippen LogP contribution in [0.2, 0.25) is 0 Å². The Hall–Kier alpha value is -2.11. The van der Waals surface area contributed by atoms with Gasteiger partial charge >= 0.3 is 5.88 Å². The summed E-state index contributed by atoms with van der Waals surface area (Å²) in [6, 6.07) is 4.40. The molecule has 2 aromatic heterocycles. The van der Waals surface area contributed by atoms with Crippen molar-refractivity contribution in [1.29, 1.82) is 0 Å². The molecule has 72 valence electrons. The largest absolute Gasteiger partial charge is 0.433 e. The minimum Gasteiger partial charge on any atom is -0.399 e. The van der Waals surface area contributed by atoms with Crippen molar-refractivity contribution < 1.29 is 13.9 Å². The van der Waals surface area contributed by atoms with Gasteiger partial charge in [-0.2, -0.15) is 0 Å². The third-order valence-electron chi connectivity index (χ3n) is 1.65. The average Bonchev–Trinajstić information content (AvgIpc) is 2.70. The van der Waals surface area contributed by atoms with E-state index in [0.29, 0.717) is 17.2 Å². The summed E-state index contributed by atoms with van der Waals surface area (Å²) >= 11 is 0. The predicted octanol–water partition coefficient (Wildman–Crippen LogP) is 2.15. The number of hydrogen-bond acceptors (Lipinski definition) is 5. The Morgan fingerprint density at radius 1 is 1.50 bits per heavy atom. The fourth-order valence-corrected chi connectivity index (χ4v) is 1.05. The van der Waals surface area contributed by atoms with Crippen LogP contribution < -0.4 is 0 Å². The molecule has 2 aromatic rings. The van der Waals surface area contributed by atoms with Crippen molar-refractivity contribution in [2.24, 2.45) is 0 Å². The Kier molecular flexibility index (Phi) is 1.81. The number of nitrogens with zero attached hydrogens (tertiary/aromatic N) is 2. The Morgan fingerprint density at radius 3 is 2.79 bits per heavy atom. The van der Waals surface area contributed by atoms with Crippen LogP contribution in [0.5, 0.6) is 0 Å². The fourth-order valence-electron chi connectivity index (χ4n) is 1.05. The molecule has 0 aliphatic heterocycles. The lowest BCUT2D eigenvalue weighted by atomic mass is 10.3. The van der Waals surface area contributed by atoms with Gasteiger partial charge in [-0.25, -0.2) is 0 Å². The number of aryl methyl sites for hydroxylation is 1. The second kappa shape index (κ2) is 2.99. The second-order valence-electron chi connectivity index (χ2n) is 2.72. The van der Waals surface area contributed by atoms with Crippen LogP contribution in [0.25, 0.3) is 11.5 Å². The van der Waals surface area contributed by atoms with E-state index in [1.807, 2.05) is 0 Å². The minimum atomic E-state index is -0.601. The van der Waals surface area contributed by atoms with E-state index in [0.717, 1.165) is 0 Å². The third-order valence-corrected chi connectivity index (χ3v) is 1.65. The highest BCUT2D eigenvalue weighted by molar-refractivity contribution is 5.53. The van der Waals surface area contributed by atoms with Gasteiger partial charge in [0.05, 0.1) is 6.07 Å². The molecular formula is C8H6N2O4. The van der Waals surface area contributed by atoms with E-state index in [4.69, 9.17) is 8.94 Å². The second-order valence-corrected chi connectivity index (χ2v) is 2.72. The molecular weight excluding hydrogens is 188 g/mol. The van der Waals surface area contributed by atoms with Gasteiger partial charge in [-0.05, 0) is 13.0 Å². The van der Waals surface area contributed by atoms with Crippen molar-refractivity contribution >= 4 is 5.88 Å². The zero-order valence-electron chi connectivity index (χ0n) is 7.26. The molecule has 0 saturated heterocycles. The minimum absolute atomic E-state index is 0.305. The molecule has 0 N–H and O–H groups in total. The maximum Gasteiger partial charge on any atom is 0.433 e. The van der Waals surface area contributed by atoms with Gasteiger partial charge in [0, 0.05) is 6.07 Å². The number of nitro groups is 1. The molecule has 0 radical (unpaired) electrons. The Labute approximate surface area is 78.3 Å². The van der Waals surface area contributed by atoms with Gasteiger partial charge in [-0.3, -0.25) is 10.1 Å². The van der Waals surface area contributed by atoms with Crippen LogP contribution in [0.3, 0.4) is 0 Å². The summed E-state index contributed by atoms with van der Waals surface area (Å²) in [5, 5.41) is 14.0. The molecule has 0 spiro atoms. The first-order valence-electron chi connectivity index (χ1n) is 3.85. The summed E-state index contributed by atoms with van der Waals surface area (Å²) in [5.41, 5.74) is 0.454. The molecule has 0 fully saturated rings. The van der Waals surface area contributed by atoms with E-state index in [9.17, 15) is 10.1 Å². The van der Waals surface area contributed by atoms with Crippen LogP contribution in [0.1, 0.15) is 5.76 Å². The fraction of sp³-hybridized carbons (Fsp3) is 0.125. The number of aromatic nitrogens is 1. The molecule has 14 heavy (non-hydrogen) atoms. The van der Waals surface area contributed by atoms with Crippen LogP contribution in [-0.2, 0) is 0 Å². The summed E-state index contributed by atoms with van der Waals surface area (Å²) < 4.78 is 9.73. The van der Waals surface area contributed by atoms with Crippen LogP contribution >= 0.6 is 0 Å². The molecule has 2 heterocycles. The standard InChI is InChI=1S/C8H6N2O4/c1-5-4-6(9-14-5)7-2-3-8(13-7)10(11)12/h2-4H,1H3. The maximum absolute atomic E-state index is 10.3. The van der Waals surface area contributed by atoms with E-state index < -0.39 is 4.92 Å². The first-order valence-corrected chi connectivity index (χ1v) is 3.85. The first-order chi connectivity index (χ1) is 6.66. The van der Waals surface area contributed by atoms with Gasteiger partial charge in [0.25, 0.3) is 0 Å². The number of furan rings is 1. The summed E-state index contributed by atoms with van der Waals surface area (Å²) in [4.78, 5) is 9.72. The van der Waals surface area contributed by atoms with Crippen molar-refractivity contribution in [1.82, 2.24) is 5.16 Å². The van der Waals surface area contributed by atoms with Gasteiger partial charge < -0.3 is 8.94 Å². The molecule has 0 atom stereocenters. The first kappa shape index (κ1) is 8.49. The number of hydrogen-bond donors (Lipinski definition) is 0. The average molecular weight is 194 g/mol. The summed E-state index contributed by atoms with van der Waals surface area (Å²) in [6.07, 6.45) is 0. The molecule has 0 aliphatic rings. The van der Waals surface area contributed by atoms with Crippen molar-refractivity contribution in [3.8, 4) is 11.5 Å². The number of rotatable bonds is 2. The van der Waals surface area contributed by atoms with Crippen LogP contribution in [0.4, 0.5) is 5.88 Å². The zero-order chi connectivity index (χ0) is 10.1. The molecule has 0 bridgehead atoms. The van der Waals surface area contributed by atoms with Gasteiger partial charge in [0.15, 0.2) is 5.76 Å². The van der Waals surface area contributed by atoms with Gasteiger partial charge in [-0.15, -0.1) is 0 Å². The monoisotopic (exact) mass is 194 g/mol. The van der Waals surface area contributed by atoms with E-state index in [1.165, 1.54) is 12.1 Å².